The van der Waals surface area contributed by atoms with E-state index in [9.17, 15) is 19.2 Å². The third-order valence-electron chi connectivity index (χ3n) is 6.71. The highest BCUT2D eigenvalue weighted by atomic mass is 16.5. The van der Waals surface area contributed by atoms with Gasteiger partial charge in [-0.2, -0.15) is 0 Å². The quantitative estimate of drug-likeness (QED) is 0.243. The summed E-state index contributed by atoms with van der Waals surface area (Å²) < 4.78 is 9.32. The third-order valence-corrected chi connectivity index (χ3v) is 6.71. The van der Waals surface area contributed by atoms with Crippen LogP contribution >= 0.6 is 0 Å². The first-order chi connectivity index (χ1) is 15.4. The molecule has 32 heavy (non-hydrogen) atoms. The molecule has 4 unspecified atom stereocenters. The molecule has 0 amide bonds. The molecule has 2 fully saturated rings. The van der Waals surface area contributed by atoms with E-state index in [-0.39, 0.29) is 35.6 Å². The number of allylic oxidation sites excluding steroid dienone is 2. The maximum atomic E-state index is 11.7. The van der Waals surface area contributed by atoms with Crippen molar-refractivity contribution in [2.45, 2.75) is 90.9 Å². The summed E-state index contributed by atoms with van der Waals surface area (Å²) in [7, 11) is 2.80. The Bertz CT molecular complexity index is 638. The number of Topliss-reactive ketones (excluding diaryl/α,β-unsaturated/α-hetero) is 2. The molecule has 0 aromatic rings. The van der Waals surface area contributed by atoms with Crippen LogP contribution in [0.15, 0.2) is 12.2 Å². The molecule has 0 aliphatic heterocycles. The molecule has 182 valence electrons. The van der Waals surface area contributed by atoms with Crippen LogP contribution in [-0.4, -0.2) is 37.7 Å². The third kappa shape index (κ3) is 9.66. The van der Waals surface area contributed by atoms with Crippen molar-refractivity contribution in [1.82, 2.24) is 0 Å². The number of carbonyl (C=O) groups is 4. The minimum absolute atomic E-state index is 0.0295. The van der Waals surface area contributed by atoms with E-state index < -0.39 is 0 Å². The van der Waals surface area contributed by atoms with Gasteiger partial charge < -0.3 is 9.47 Å². The smallest absolute Gasteiger partial charge is 0.305 e. The minimum atomic E-state index is -0.204. The first kappa shape index (κ1) is 28.1. The standard InChI is InChI=1S/C13H22O3.C13H20O3/c2*1-3-4-5-6-11-10(7-8-12(11)14)9-13(15)16-2/h10-11H,3-9H2,1-2H3;4-5,10-11H,3,6-9H2,1-2H3/b;5-4-. The van der Waals surface area contributed by atoms with Crippen LogP contribution in [0.2, 0.25) is 0 Å². The van der Waals surface area contributed by atoms with Gasteiger partial charge in [0, 0.05) is 37.5 Å². The number of methoxy groups -OCH3 is 2. The Morgan fingerprint density at radius 2 is 1.38 bits per heavy atom. The van der Waals surface area contributed by atoms with E-state index in [4.69, 9.17) is 0 Å². The van der Waals surface area contributed by atoms with Crippen LogP contribution in [0.3, 0.4) is 0 Å². The van der Waals surface area contributed by atoms with Crippen molar-refractivity contribution in [3.05, 3.63) is 12.2 Å². The second-order valence-corrected chi connectivity index (χ2v) is 8.91. The average Bonchev–Trinajstić information content (AvgIpc) is 3.31. The molecule has 2 saturated carbocycles. The molecule has 4 atom stereocenters. The molecule has 0 bridgehead atoms. The fraction of sp³-hybridized carbons (Fsp3) is 0.769. The van der Waals surface area contributed by atoms with Crippen molar-refractivity contribution >= 4 is 23.5 Å². The van der Waals surface area contributed by atoms with Crippen LogP contribution in [0.25, 0.3) is 0 Å². The van der Waals surface area contributed by atoms with E-state index in [1.54, 1.807) is 0 Å². The first-order valence-electron chi connectivity index (χ1n) is 12.2. The molecule has 0 heterocycles. The number of ketones is 2. The monoisotopic (exact) mass is 450 g/mol. The summed E-state index contributed by atoms with van der Waals surface area (Å²) in [5, 5.41) is 0. The summed E-state index contributed by atoms with van der Waals surface area (Å²) in [5.41, 5.74) is 0. The second-order valence-electron chi connectivity index (χ2n) is 8.91. The minimum Gasteiger partial charge on any atom is -0.469 e. The molecule has 0 aromatic heterocycles. The summed E-state index contributed by atoms with van der Waals surface area (Å²) in [6.07, 6.45) is 14.0. The van der Waals surface area contributed by atoms with E-state index in [1.165, 1.54) is 27.1 Å². The van der Waals surface area contributed by atoms with Crippen LogP contribution in [-0.2, 0) is 28.7 Å². The van der Waals surface area contributed by atoms with Gasteiger partial charge in [0.1, 0.15) is 11.6 Å². The lowest BCUT2D eigenvalue weighted by Crippen LogP contribution is -2.18. The Hall–Kier alpha value is -1.98. The van der Waals surface area contributed by atoms with Gasteiger partial charge >= 0.3 is 11.9 Å². The highest BCUT2D eigenvalue weighted by Crippen LogP contribution is 2.35. The Morgan fingerprint density at radius 3 is 1.88 bits per heavy atom. The van der Waals surface area contributed by atoms with Crippen molar-refractivity contribution in [2.24, 2.45) is 23.7 Å². The number of esters is 2. The van der Waals surface area contributed by atoms with Gasteiger partial charge in [-0.05, 0) is 43.9 Å². The zero-order valence-corrected chi connectivity index (χ0v) is 20.4. The maximum absolute atomic E-state index is 11.7. The zero-order chi connectivity index (χ0) is 23.9. The Balaban J connectivity index is 0.000000320. The van der Waals surface area contributed by atoms with Crippen molar-refractivity contribution in [3.8, 4) is 0 Å². The molecule has 6 nitrogen and oxygen atoms in total. The largest absolute Gasteiger partial charge is 0.469 e. The Morgan fingerprint density at radius 1 is 0.844 bits per heavy atom. The molecule has 0 radical (unpaired) electrons. The van der Waals surface area contributed by atoms with E-state index in [0.717, 1.165) is 38.5 Å². The first-order valence-corrected chi connectivity index (χ1v) is 12.2. The summed E-state index contributed by atoms with van der Waals surface area (Å²) in [6, 6.07) is 0. The van der Waals surface area contributed by atoms with E-state index in [2.05, 4.69) is 35.5 Å². The maximum Gasteiger partial charge on any atom is 0.305 e. The molecule has 0 N–H and O–H groups in total. The number of carbonyl (C=O) groups excluding carboxylic acids is 4. The lowest BCUT2D eigenvalue weighted by Gasteiger charge is -2.16. The van der Waals surface area contributed by atoms with Gasteiger partial charge in [-0.15, -0.1) is 0 Å². The van der Waals surface area contributed by atoms with Gasteiger partial charge in [-0.1, -0.05) is 45.3 Å². The topological polar surface area (TPSA) is 86.7 Å². The summed E-state index contributed by atoms with van der Waals surface area (Å²) in [6.45, 7) is 4.22. The predicted octanol–water partition coefficient (Wildman–Crippen LogP) is 5.23. The lowest BCUT2D eigenvalue weighted by atomic mass is 9.88. The fourth-order valence-electron chi connectivity index (χ4n) is 4.78. The summed E-state index contributed by atoms with van der Waals surface area (Å²) in [4.78, 5) is 45.8. The van der Waals surface area contributed by atoms with Crippen molar-refractivity contribution in [3.63, 3.8) is 0 Å². The number of ether oxygens (including phenoxy) is 2. The number of rotatable bonds is 11. The van der Waals surface area contributed by atoms with E-state index in [1.807, 2.05) is 0 Å². The second kappa shape index (κ2) is 15.8. The van der Waals surface area contributed by atoms with Crippen LogP contribution in [0.5, 0.6) is 0 Å². The number of hydrogen-bond donors (Lipinski definition) is 0. The van der Waals surface area contributed by atoms with Gasteiger partial charge in [0.05, 0.1) is 14.2 Å². The van der Waals surface area contributed by atoms with Gasteiger partial charge in [0.25, 0.3) is 0 Å². The highest BCUT2D eigenvalue weighted by molar-refractivity contribution is 5.85. The summed E-state index contributed by atoms with van der Waals surface area (Å²) >= 11 is 0. The molecular formula is C26H42O6. The van der Waals surface area contributed by atoms with Crippen LogP contribution < -0.4 is 0 Å². The molecular weight excluding hydrogens is 408 g/mol. The Kier molecular flexibility index (Phi) is 13.8. The van der Waals surface area contributed by atoms with Crippen LogP contribution in [0.4, 0.5) is 0 Å². The molecule has 0 aromatic carbocycles. The fourth-order valence-corrected chi connectivity index (χ4v) is 4.78. The Labute approximate surface area is 193 Å². The predicted molar refractivity (Wildman–Crippen MR) is 124 cm³/mol. The van der Waals surface area contributed by atoms with Gasteiger partial charge in [-0.25, -0.2) is 0 Å². The number of unbranched alkanes of at least 4 members (excludes halogenated alkanes) is 2. The van der Waals surface area contributed by atoms with Gasteiger partial charge in [0.2, 0.25) is 0 Å². The summed E-state index contributed by atoms with van der Waals surface area (Å²) in [5.74, 6) is 0.829. The van der Waals surface area contributed by atoms with Crippen LogP contribution in [0, 0.1) is 23.7 Å². The van der Waals surface area contributed by atoms with Crippen molar-refractivity contribution in [1.29, 1.82) is 0 Å². The highest BCUT2D eigenvalue weighted by Gasteiger charge is 2.36. The number of hydrogen-bond acceptors (Lipinski definition) is 6. The van der Waals surface area contributed by atoms with Gasteiger partial charge in [0.15, 0.2) is 0 Å². The zero-order valence-electron chi connectivity index (χ0n) is 20.4. The van der Waals surface area contributed by atoms with Crippen LogP contribution in [0.1, 0.15) is 90.9 Å². The molecule has 6 heteroatoms. The molecule has 2 aliphatic rings. The SMILES string of the molecule is CC/C=C\CC1C(=O)CCC1CC(=O)OC.CCCCCC1C(=O)CCC1CC(=O)OC. The molecule has 2 rings (SSSR count). The van der Waals surface area contributed by atoms with E-state index in [0.29, 0.717) is 37.2 Å². The molecule has 2 aliphatic carbocycles. The normalized spacial score (nSPS) is 25.0. The lowest BCUT2D eigenvalue weighted by molar-refractivity contribution is -0.143. The van der Waals surface area contributed by atoms with Crippen molar-refractivity contribution in [2.75, 3.05) is 14.2 Å². The molecule has 0 spiro atoms. The van der Waals surface area contributed by atoms with E-state index >= 15 is 0 Å². The average molecular weight is 451 g/mol. The van der Waals surface area contributed by atoms with Gasteiger partial charge in [-0.3, -0.25) is 19.2 Å². The molecule has 0 saturated heterocycles. The van der Waals surface area contributed by atoms with Crippen molar-refractivity contribution < 1.29 is 28.7 Å².